The van der Waals surface area contributed by atoms with E-state index in [1.807, 2.05) is 0 Å². The van der Waals surface area contributed by atoms with Crippen LogP contribution >= 0.6 is 11.6 Å². The van der Waals surface area contributed by atoms with Crippen LogP contribution in [0.5, 0.6) is 0 Å². The third kappa shape index (κ3) is 5.28. The summed E-state index contributed by atoms with van der Waals surface area (Å²) in [6.07, 6.45) is -2.62. The van der Waals surface area contributed by atoms with Crippen molar-refractivity contribution in [3.05, 3.63) is 22.8 Å². The lowest BCUT2D eigenvalue weighted by Gasteiger charge is -2.10. The Hall–Kier alpha value is -2.32. The predicted octanol–water partition coefficient (Wildman–Crippen LogP) is 2.90. The van der Waals surface area contributed by atoms with Crippen LogP contribution in [0.25, 0.3) is 0 Å². The molecule has 0 aromatic carbocycles. The summed E-state index contributed by atoms with van der Waals surface area (Å²) < 4.78 is 37.2. The standard InChI is InChI=1S/C12H9ClF3N5/c13-10-3-9(12(14,15)16)7-21-11(10)20-2-1-19-6-8(4-17)5-18/h3,6-8H,1-2H2,(H,20,21). The van der Waals surface area contributed by atoms with Crippen molar-refractivity contribution in [2.24, 2.45) is 10.9 Å². The summed E-state index contributed by atoms with van der Waals surface area (Å²) in [5.74, 6) is -0.810. The number of hydrogen-bond donors (Lipinski definition) is 1. The number of aliphatic imine (C=N–C) groups is 1. The van der Waals surface area contributed by atoms with E-state index in [9.17, 15) is 13.2 Å². The molecule has 0 spiro atoms. The monoisotopic (exact) mass is 315 g/mol. The summed E-state index contributed by atoms with van der Waals surface area (Å²) in [6.45, 7) is 0.469. The molecule has 1 aromatic rings. The fourth-order valence-corrected chi connectivity index (χ4v) is 1.47. The van der Waals surface area contributed by atoms with Gasteiger partial charge in [-0.3, -0.25) is 4.99 Å². The molecule has 21 heavy (non-hydrogen) atoms. The average Bonchev–Trinajstić information content (AvgIpc) is 2.43. The van der Waals surface area contributed by atoms with Crippen molar-refractivity contribution in [3.63, 3.8) is 0 Å². The molecular formula is C12H9ClF3N5. The largest absolute Gasteiger partial charge is 0.417 e. The third-order valence-electron chi connectivity index (χ3n) is 2.23. The van der Waals surface area contributed by atoms with Gasteiger partial charge in [0, 0.05) is 19.0 Å². The number of alkyl halides is 3. The third-order valence-corrected chi connectivity index (χ3v) is 2.52. The Morgan fingerprint density at radius 3 is 2.62 bits per heavy atom. The zero-order chi connectivity index (χ0) is 15.9. The smallest absolute Gasteiger partial charge is 0.367 e. The molecule has 110 valence electrons. The molecule has 0 saturated carbocycles. The summed E-state index contributed by atoms with van der Waals surface area (Å²) in [7, 11) is 0. The second-order valence-electron chi connectivity index (χ2n) is 3.77. The average molecular weight is 316 g/mol. The van der Waals surface area contributed by atoms with Crippen molar-refractivity contribution in [2.45, 2.75) is 6.18 Å². The van der Waals surface area contributed by atoms with Gasteiger partial charge < -0.3 is 5.32 Å². The van der Waals surface area contributed by atoms with Crippen molar-refractivity contribution in [2.75, 3.05) is 18.4 Å². The van der Waals surface area contributed by atoms with Gasteiger partial charge in [-0.15, -0.1) is 0 Å². The van der Waals surface area contributed by atoms with E-state index in [0.717, 1.165) is 6.07 Å². The molecule has 1 N–H and O–H groups in total. The first-order chi connectivity index (χ1) is 9.88. The van der Waals surface area contributed by atoms with Gasteiger partial charge in [0.1, 0.15) is 5.82 Å². The van der Waals surface area contributed by atoms with Crippen molar-refractivity contribution >= 4 is 23.6 Å². The molecule has 0 radical (unpaired) electrons. The number of anilines is 1. The minimum atomic E-state index is -4.50. The predicted molar refractivity (Wildman–Crippen MR) is 70.8 cm³/mol. The van der Waals surface area contributed by atoms with E-state index >= 15 is 0 Å². The van der Waals surface area contributed by atoms with Gasteiger partial charge in [0.2, 0.25) is 0 Å². The van der Waals surface area contributed by atoms with Gasteiger partial charge in [0.15, 0.2) is 5.92 Å². The maximum Gasteiger partial charge on any atom is 0.417 e. The van der Waals surface area contributed by atoms with Crippen LogP contribution < -0.4 is 5.32 Å². The highest BCUT2D eigenvalue weighted by atomic mass is 35.5. The van der Waals surface area contributed by atoms with Gasteiger partial charge >= 0.3 is 6.18 Å². The van der Waals surface area contributed by atoms with E-state index < -0.39 is 17.7 Å². The van der Waals surface area contributed by atoms with Crippen LogP contribution in [0, 0.1) is 28.6 Å². The van der Waals surface area contributed by atoms with Crippen molar-refractivity contribution in [1.82, 2.24) is 4.98 Å². The lowest BCUT2D eigenvalue weighted by atomic mass is 10.2. The van der Waals surface area contributed by atoms with Crippen molar-refractivity contribution in [1.29, 1.82) is 10.5 Å². The molecule has 5 nitrogen and oxygen atoms in total. The normalized spacial score (nSPS) is 11.4. The zero-order valence-corrected chi connectivity index (χ0v) is 11.3. The van der Waals surface area contributed by atoms with Crippen LogP contribution in [0.15, 0.2) is 17.3 Å². The number of aromatic nitrogens is 1. The van der Waals surface area contributed by atoms with E-state index in [2.05, 4.69) is 15.3 Å². The highest BCUT2D eigenvalue weighted by Gasteiger charge is 2.31. The van der Waals surface area contributed by atoms with Gasteiger partial charge in [-0.2, -0.15) is 23.7 Å². The minimum Gasteiger partial charge on any atom is -0.367 e. The van der Waals surface area contributed by atoms with Gasteiger partial charge in [0.25, 0.3) is 0 Å². The summed E-state index contributed by atoms with van der Waals surface area (Å²) in [5, 5.41) is 19.5. The number of pyridine rings is 1. The van der Waals surface area contributed by atoms with Gasteiger partial charge in [-0.05, 0) is 6.07 Å². The van der Waals surface area contributed by atoms with Crippen molar-refractivity contribution < 1.29 is 13.2 Å². The van der Waals surface area contributed by atoms with E-state index in [0.29, 0.717) is 6.20 Å². The van der Waals surface area contributed by atoms with Crippen LogP contribution in [0.4, 0.5) is 19.0 Å². The number of halogens is 4. The summed E-state index contributed by atoms with van der Waals surface area (Å²) in [4.78, 5) is 7.42. The van der Waals surface area contributed by atoms with E-state index in [1.54, 1.807) is 12.1 Å². The van der Waals surface area contributed by atoms with E-state index in [-0.39, 0.29) is 23.9 Å². The second kappa shape index (κ2) is 7.46. The van der Waals surface area contributed by atoms with Crippen LogP contribution in [-0.2, 0) is 6.18 Å². The maximum absolute atomic E-state index is 12.4. The van der Waals surface area contributed by atoms with Crippen LogP contribution in [0.1, 0.15) is 5.56 Å². The molecule has 0 atom stereocenters. The summed E-state index contributed by atoms with van der Waals surface area (Å²) in [5.41, 5.74) is -0.929. The fourth-order valence-electron chi connectivity index (χ4n) is 1.24. The molecule has 0 aliphatic rings. The molecule has 0 aliphatic heterocycles. The van der Waals surface area contributed by atoms with Crippen LogP contribution in [-0.4, -0.2) is 24.3 Å². The Morgan fingerprint density at radius 1 is 1.43 bits per heavy atom. The molecule has 0 saturated heterocycles. The zero-order valence-electron chi connectivity index (χ0n) is 10.5. The number of hydrogen-bond acceptors (Lipinski definition) is 5. The molecule has 0 amide bonds. The highest BCUT2D eigenvalue weighted by molar-refractivity contribution is 6.32. The number of nitrogens with zero attached hydrogens (tertiary/aromatic N) is 4. The summed E-state index contributed by atoms with van der Waals surface area (Å²) >= 11 is 5.69. The second-order valence-corrected chi connectivity index (χ2v) is 4.18. The molecule has 0 aliphatic carbocycles. The Bertz CT molecular complexity index is 586. The molecule has 1 aromatic heterocycles. The van der Waals surface area contributed by atoms with E-state index in [4.69, 9.17) is 22.1 Å². The molecular weight excluding hydrogens is 307 g/mol. The summed E-state index contributed by atoms with van der Waals surface area (Å²) in [6, 6.07) is 4.22. The number of nitriles is 2. The Morgan fingerprint density at radius 2 is 2.10 bits per heavy atom. The first kappa shape index (κ1) is 16.7. The number of rotatable bonds is 5. The lowest BCUT2D eigenvalue weighted by molar-refractivity contribution is -0.137. The van der Waals surface area contributed by atoms with E-state index in [1.165, 1.54) is 6.21 Å². The first-order valence-corrected chi connectivity index (χ1v) is 6.02. The van der Waals surface area contributed by atoms with Gasteiger partial charge in [0.05, 0.1) is 29.3 Å². The Labute approximate surface area is 123 Å². The SMILES string of the molecule is N#CC(C#N)C=NCCNc1ncc(C(F)(F)F)cc1Cl. The maximum atomic E-state index is 12.4. The van der Waals surface area contributed by atoms with Crippen LogP contribution in [0.3, 0.4) is 0 Å². The molecule has 9 heteroatoms. The molecule has 0 unspecified atom stereocenters. The molecule has 1 heterocycles. The highest BCUT2D eigenvalue weighted by Crippen LogP contribution is 2.32. The van der Waals surface area contributed by atoms with Crippen molar-refractivity contribution in [3.8, 4) is 12.1 Å². The topological polar surface area (TPSA) is 84.9 Å². The lowest BCUT2D eigenvalue weighted by Crippen LogP contribution is -2.10. The number of nitrogens with one attached hydrogen (secondary N) is 1. The molecule has 0 fully saturated rings. The quantitative estimate of drug-likeness (QED) is 0.668. The minimum absolute atomic E-state index is 0.108. The first-order valence-electron chi connectivity index (χ1n) is 5.64. The Kier molecular flexibility index (Phi) is 5.94. The van der Waals surface area contributed by atoms with Gasteiger partial charge in [-0.1, -0.05) is 11.6 Å². The van der Waals surface area contributed by atoms with Gasteiger partial charge in [-0.25, -0.2) is 4.98 Å². The molecule has 0 bridgehead atoms. The fraction of sp³-hybridized carbons (Fsp3) is 0.333. The molecule has 1 rings (SSSR count). The Balaban J connectivity index is 2.55. The van der Waals surface area contributed by atoms with Crippen LogP contribution in [0.2, 0.25) is 5.02 Å².